The molecule has 0 radical (unpaired) electrons. The van der Waals surface area contributed by atoms with E-state index in [1.807, 2.05) is 48.9 Å². The number of hydrogen-bond donors (Lipinski definition) is 2. The number of carbonyl (C=O) groups excluding carboxylic acids is 1. The highest BCUT2D eigenvalue weighted by Crippen LogP contribution is 2.24. The molecule has 31 heavy (non-hydrogen) atoms. The van der Waals surface area contributed by atoms with E-state index < -0.39 is 10.0 Å². The van der Waals surface area contributed by atoms with Gasteiger partial charge in [0.1, 0.15) is 10.6 Å². The highest BCUT2D eigenvalue weighted by atomic mass is 32.2. The van der Waals surface area contributed by atoms with Gasteiger partial charge in [0, 0.05) is 23.4 Å². The Balaban J connectivity index is 1.78. The first-order chi connectivity index (χ1) is 14.8. The van der Waals surface area contributed by atoms with E-state index in [4.69, 9.17) is 4.74 Å². The van der Waals surface area contributed by atoms with Gasteiger partial charge in [0.25, 0.3) is 5.91 Å². The lowest BCUT2D eigenvalue weighted by Gasteiger charge is -2.11. The van der Waals surface area contributed by atoms with Crippen molar-refractivity contribution >= 4 is 15.9 Å². The van der Waals surface area contributed by atoms with Crippen LogP contribution < -0.4 is 14.8 Å². The number of rotatable bonds is 8. The molecule has 2 N–H and O–H groups in total. The molecule has 3 aromatic rings. The molecule has 0 fully saturated rings. The number of hydrogen-bond acceptors (Lipinski definition) is 5. The third-order valence-corrected chi connectivity index (χ3v) is 6.55. The zero-order chi connectivity index (χ0) is 22.6. The summed E-state index contributed by atoms with van der Waals surface area (Å²) in [7, 11) is -1.09. The van der Waals surface area contributed by atoms with Crippen molar-refractivity contribution in [2.45, 2.75) is 31.8 Å². The number of sulfonamides is 1. The number of aryl methyl sites for hydroxylation is 1. The van der Waals surface area contributed by atoms with E-state index in [0.29, 0.717) is 6.54 Å². The van der Waals surface area contributed by atoms with Crippen molar-refractivity contribution in [3.63, 3.8) is 0 Å². The largest absolute Gasteiger partial charge is 0.495 e. The monoisotopic (exact) mass is 442 g/mol. The van der Waals surface area contributed by atoms with Gasteiger partial charge in [-0.1, -0.05) is 30.3 Å². The van der Waals surface area contributed by atoms with E-state index in [1.165, 1.54) is 32.4 Å². The van der Waals surface area contributed by atoms with Crippen molar-refractivity contribution in [1.29, 1.82) is 0 Å². The first kappa shape index (κ1) is 22.5. The van der Waals surface area contributed by atoms with Crippen molar-refractivity contribution in [3.8, 4) is 5.75 Å². The summed E-state index contributed by atoms with van der Waals surface area (Å²) in [6.07, 6.45) is 0. The van der Waals surface area contributed by atoms with Gasteiger partial charge in [-0.05, 0) is 44.7 Å². The molecule has 1 aromatic heterocycles. The van der Waals surface area contributed by atoms with Crippen LogP contribution in [0.1, 0.15) is 32.9 Å². The van der Waals surface area contributed by atoms with Crippen LogP contribution in [0.15, 0.2) is 53.4 Å². The third kappa shape index (κ3) is 4.95. The molecule has 0 aliphatic heterocycles. The predicted molar refractivity (Wildman–Crippen MR) is 118 cm³/mol. The molecule has 1 heterocycles. The normalized spacial score (nSPS) is 11.4. The number of amides is 1. The van der Waals surface area contributed by atoms with E-state index in [0.717, 1.165) is 22.5 Å². The van der Waals surface area contributed by atoms with Gasteiger partial charge in [-0.3, -0.25) is 9.48 Å². The Hall–Kier alpha value is -3.17. The van der Waals surface area contributed by atoms with Gasteiger partial charge in [0.15, 0.2) is 0 Å². The summed E-state index contributed by atoms with van der Waals surface area (Å²) < 4.78 is 33.8. The molecular formula is C22H26N4O4S. The Kier molecular flexibility index (Phi) is 6.77. The number of carbonyl (C=O) groups is 1. The van der Waals surface area contributed by atoms with Crippen LogP contribution in [-0.4, -0.2) is 38.3 Å². The molecule has 8 nitrogen and oxygen atoms in total. The molecule has 0 aliphatic carbocycles. The minimum absolute atomic E-state index is 0.0896. The predicted octanol–water partition coefficient (Wildman–Crippen LogP) is 2.39. The summed E-state index contributed by atoms with van der Waals surface area (Å²) in [5, 5.41) is 7.46. The van der Waals surface area contributed by atoms with Crippen LogP contribution in [0, 0.1) is 13.8 Å². The summed E-state index contributed by atoms with van der Waals surface area (Å²) >= 11 is 0. The van der Waals surface area contributed by atoms with Gasteiger partial charge < -0.3 is 10.1 Å². The molecule has 0 spiro atoms. The molecule has 0 unspecified atom stereocenters. The van der Waals surface area contributed by atoms with Gasteiger partial charge in [-0.2, -0.15) is 5.10 Å². The molecule has 0 saturated heterocycles. The fourth-order valence-electron chi connectivity index (χ4n) is 3.31. The van der Waals surface area contributed by atoms with Gasteiger partial charge in [0.05, 0.1) is 19.3 Å². The van der Waals surface area contributed by atoms with E-state index in [2.05, 4.69) is 15.1 Å². The van der Waals surface area contributed by atoms with Crippen LogP contribution in [0.3, 0.4) is 0 Å². The third-order valence-electron chi connectivity index (χ3n) is 5.12. The molecule has 2 aromatic carbocycles. The van der Waals surface area contributed by atoms with E-state index >= 15 is 0 Å². The van der Waals surface area contributed by atoms with E-state index in [-0.39, 0.29) is 28.7 Å². The summed E-state index contributed by atoms with van der Waals surface area (Å²) in [4.78, 5) is 12.6. The van der Waals surface area contributed by atoms with E-state index in [9.17, 15) is 13.2 Å². The fraction of sp³-hybridized carbons (Fsp3) is 0.273. The van der Waals surface area contributed by atoms with Crippen molar-refractivity contribution in [3.05, 3.63) is 76.6 Å². The Labute approximate surface area is 182 Å². The number of methoxy groups -OCH3 is 1. The topological polar surface area (TPSA) is 102 Å². The highest BCUT2D eigenvalue weighted by molar-refractivity contribution is 7.89. The summed E-state index contributed by atoms with van der Waals surface area (Å²) in [6.45, 7) is 4.80. The Morgan fingerprint density at radius 2 is 1.84 bits per heavy atom. The Morgan fingerprint density at radius 3 is 2.48 bits per heavy atom. The number of nitrogens with one attached hydrogen (secondary N) is 2. The van der Waals surface area contributed by atoms with Crippen molar-refractivity contribution in [1.82, 2.24) is 19.8 Å². The van der Waals surface area contributed by atoms with E-state index in [1.54, 1.807) is 0 Å². The SMILES string of the molecule is CNS(=O)(=O)c1cc(C(=O)NCc2c(C)nn(Cc3ccccc3)c2C)ccc1OC. The maximum atomic E-state index is 12.7. The lowest BCUT2D eigenvalue weighted by atomic mass is 10.1. The maximum Gasteiger partial charge on any atom is 0.251 e. The Morgan fingerprint density at radius 1 is 1.13 bits per heavy atom. The summed E-state index contributed by atoms with van der Waals surface area (Å²) in [5.74, 6) is -0.218. The molecule has 0 bridgehead atoms. The first-order valence-electron chi connectivity index (χ1n) is 9.73. The van der Waals surface area contributed by atoms with Crippen molar-refractivity contribution in [2.24, 2.45) is 0 Å². The average Bonchev–Trinajstić information content (AvgIpc) is 3.04. The average molecular weight is 443 g/mol. The molecule has 0 atom stereocenters. The molecule has 0 aliphatic rings. The number of ether oxygens (including phenoxy) is 1. The first-order valence-corrected chi connectivity index (χ1v) is 11.2. The van der Waals surface area contributed by atoms with Gasteiger partial charge >= 0.3 is 0 Å². The van der Waals surface area contributed by atoms with Crippen LogP contribution in [0.5, 0.6) is 5.75 Å². The van der Waals surface area contributed by atoms with Crippen LogP contribution in [-0.2, 0) is 23.1 Å². The zero-order valence-electron chi connectivity index (χ0n) is 18.0. The molecular weight excluding hydrogens is 416 g/mol. The Bertz CT molecular complexity index is 1190. The lowest BCUT2D eigenvalue weighted by molar-refractivity contribution is 0.0950. The molecule has 164 valence electrons. The van der Waals surface area contributed by atoms with Gasteiger partial charge in [0.2, 0.25) is 10.0 Å². The summed E-state index contributed by atoms with van der Waals surface area (Å²) in [6, 6.07) is 14.3. The molecule has 1 amide bonds. The summed E-state index contributed by atoms with van der Waals surface area (Å²) in [5.41, 5.74) is 4.10. The lowest BCUT2D eigenvalue weighted by Crippen LogP contribution is -2.25. The number of nitrogens with zero attached hydrogens (tertiary/aromatic N) is 2. The number of aromatic nitrogens is 2. The minimum atomic E-state index is -3.77. The van der Waals surface area contributed by atoms with Crippen molar-refractivity contribution < 1.29 is 17.9 Å². The standard InChI is InChI=1S/C22H26N4O4S/c1-15-19(16(2)26(25-15)14-17-8-6-5-7-9-17)13-24-22(27)18-10-11-20(30-4)21(12-18)31(28,29)23-3/h5-12,23H,13-14H2,1-4H3,(H,24,27). The van der Waals surface area contributed by atoms with Crippen LogP contribution in [0.2, 0.25) is 0 Å². The van der Waals surface area contributed by atoms with Crippen LogP contribution >= 0.6 is 0 Å². The maximum absolute atomic E-state index is 12.7. The second kappa shape index (κ2) is 9.32. The minimum Gasteiger partial charge on any atom is -0.495 e. The van der Waals surface area contributed by atoms with Crippen molar-refractivity contribution in [2.75, 3.05) is 14.2 Å². The van der Waals surface area contributed by atoms with Crippen LogP contribution in [0.4, 0.5) is 0 Å². The smallest absolute Gasteiger partial charge is 0.251 e. The highest BCUT2D eigenvalue weighted by Gasteiger charge is 2.20. The van der Waals surface area contributed by atoms with Crippen LogP contribution in [0.25, 0.3) is 0 Å². The molecule has 9 heteroatoms. The second-order valence-corrected chi connectivity index (χ2v) is 8.90. The quantitative estimate of drug-likeness (QED) is 0.558. The molecule has 3 rings (SSSR count). The van der Waals surface area contributed by atoms with Gasteiger partial charge in [-0.15, -0.1) is 0 Å². The zero-order valence-corrected chi connectivity index (χ0v) is 18.8. The van der Waals surface area contributed by atoms with Gasteiger partial charge in [-0.25, -0.2) is 13.1 Å². The second-order valence-electron chi connectivity index (χ2n) is 7.05. The molecule has 0 saturated carbocycles. The number of benzene rings is 2. The fourth-order valence-corrected chi connectivity index (χ4v) is 4.23.